The maximum Gasteiger partial charge on any atom is 0.186 e. The third-order valence-electron chi connectivity index (χ3n) is 2.45. The second kappa shape index (κ2) is 5.21. The summed E-state index contributed by atoms with van der Waals surface area (Å²) in [5, 5.41) is 0. The second-order valence-electron chi connectivity index (χ2n) is 3.62. The molecule has 84 valence electrons. The van der Waals surface area contributed by atoms with Gasteiger partial charge in [0.05, 0.1) is 5.69 Å². The van der Waals surface area contributed by atoms with Crippen LogP contribution in [0.4, 0.5) is 0 Å². The lowest BCUT2D eigenvalue weighted by Crippen LogP contribution is -1.98. The predicted octanol–water partition coefficient (Wildman–Crippen LogP) is 3.51. The van der Waals surface area contributed by atoms with E-state index in [-0.39, 0.29) is 5.78 Å². The molecule has 17 heavy (non-hydrogen) atoms. The van der Waals surface area contributed by atoms with Crippen LogP contribution in [0, 0.1) is 0 Å². The Kier molecular flexibility index (Phi) is 3.46. The van der Waals surface area contributed by atoms with Gasteiger partial charge in [-0.2, -0.15) is 0 Å². The molecule has 0 saturated carbocycles. The summed E-state index contributed by atoms with van der Waals surface area (Å²) in [5.74, 6) is 0.00810. The highest BCUT2D eigenvalue weighted by Gasteiger charge is 2.09. The number of benzene rings is 1. The van der Waals surface area contributed by atoms with Crippen molar-refractivity contribution in [3.63, 3.8) is 0 Å². The zero-order valence-electron chi connectivity index (χ0n) is 9.63. The lowest BCUT2D eigenvalue weighted by atomic mass is 10.0. The molecular formula is C15H13NO. The molecule has 1 aromatic carbocycles. The van der Waals surface area contributed by atoms with E-state index in [1.54, 1.807) is 18.3 Å². The van der Waals surface area contributed by atoms with Gasteiger partial charge in [-0.25, -0.2) is 0 Å². The summed E-state index contributed by atoms with van der Waals surface area (Å²) in [6.45, 7) is 1.83. The summed E-state index contributed by atoms with van der Waals surface area (Å²) in [6, 6.07) is 13.2. The van der Waals surface area contributed by atoms with Gasteiger partial charge in [-0.3, -0.25) is 9.78 Å². The molecule has 0 N–H and O–H groups in total. The van der Waals surface area contributed by atoms with Crippen molar-refractivity contribution in [3.05, 3.63) is 66.4 Å². The van der Waals surface area contributed by atoms with E-state index in [9.17, 15) is 4.79 Å². The van der Waals surface area contributed by atoms with Crippen LogP contribution in [-0.4, -0.2) is 10.8 Å². The maximum atomic E-state index is 11.9. The summed E-state index contributed by atoms with van der Waals surface area (Å²) in [5.41, 5.74) is 2.38. The molecule has 0 unspecified atom stereocenters. The predicted molar refractivity (Wildman–Crippen MR) is 68.8 cm³/mol. The van der Waals surface area contributed by atoms with E-state index in [4.69, 9.17) is 0 Å². The molecule has 0 saturated heterocycles. The van der Waals surface area contributed by atoms with Gasteiger partial charge in [-0.05, 0) is 25.1 Å². The number of rotatable bonds is 3. The molecule has 2 aromatic rings. The van der Waals surface area contributed by atoms with Crippen molar-refractivity contribution in [1.29, 1.82) is 0 Å². The van der Waals surface area contributed by atoms with Gasteiger partial charge < -0.3 is 0 Å². The zero-order chi connectivity index (χ0) is 12.1. The Hall–Kier alpha value is -2.22. The Morgan fingerprint density at radius 2 is 1.88 bits per heavy atom. The van der Waals surface area contributed by atoms with Crippen LogP contribution in [0.5, 0.6) is 0 Å². The summed E-state index contributed by atoms with van der Waals surface area (Å²) >= 11 is 0. The average molecular weight is 223 g/mol. The van der Waals surface area contributed by atoms with Gasteiger partial charge in [0, 0.05) is 17.3 Å². The minimum atomic E-state index is 0.00810. The van der Waals surface area contributed by atoms with E-state index in [1.807, 2.05) is 49.4 Å². The van der Waals surface area contributed by atoms with Gasteiger partial charge >= 0.3 is 0 Å². The number of hydrogen-bond donors (Lipinski definition) is 0. The van der Waals surface area contributed by atoms with Crippen LogP contribution >= 0.6 is 0 Å². The Balaban J connectivity index is 2.52. The molecule has 2 nitrogen and oxygen atoms in total. The number of carbonyl (C=O) groups is 1. The van der Waals surface area contributed by atoms with Crippen LogP contribution in [-0.2, 0) is 0 Å². The highest BCUT2D eigenvalue weighted by molar-refractivity contribution is 6.08. The van der Waals surface area contributed by atoms with Gasteiger partial charge in [-0.15, -0.1) is 0 Å². The first-order valence-electron chi connectivity index (χ1n) is 5.50. The summed E-state index contributed by atoms with van der Waals surface area (Å²) in [6.07, 6.45) is 5.05. The molecule has 0 aliphatic heterocycles. The molecular weight excluding hydrogens is 210 g/mol. The maximum absolute atomic E-state index is 11.9. The van der Waals surface area contributed by atoms with Gasteiger partial charge in [0.1, 0.15) is 0 Å². The smallest absolute Gasteiger partial charge is 0.186 e. The minimum Gasteiger partial charge on any atom is -0.289 e. The van der Waals surface area contributed by atoms with Gasteiger partial charge in [-0.1, -0.05) is 36.4 Å². The Morgan fingerprint density at radius 1 is 1.12 bits per heavy atom. The highest BCUT2D eigenvalue weighted by Crippen LogP contribution is 2.21. The van der Waals surface area contributed by atoms with Crippen LogP contribution in [0.1, 0.15) is 17.3 Å². The van der Waals surface area contributed by atoms with Crippen LogP contribution < -0.4 is 0 Å². The SMILES string of the molecule is CC=CC(=O)c1ccccc1-c1ccccn1. The topological polar surface area (TPSA) is 30.0 Å². The number of hydrogen-bond acceptors (Lipinski definition) is 2. The number of nitrogens with zero attached hydrogens (tertiary/aromatic N) is 1. The molecule has 1 heterocycles. The molecule has 2 heteroatoms. The standard InChI is InChI=1S/C15H13NO/c1-2-7-15(17)13-9-4-3-8-12(13)14-10-5-6-11-16-14/h2-11H,1H3. The van der Waals surface area contributed by atoms with Gasteiger partial charge in [0.2, 0.25) is 0 Å². The van der Waals surface area contributed by atoms with Crippen LogP contribution in [0.3, 0.4) is 0 Å². The van der Waals surface area contributed by atoms with Gasteiger partial charge in [0.25, 0.3) is 0 Å². The van der Waals surface area contributed by atoms with E-state index in [0.717, 1.165) is 11.3 Å². The zero-order valence-corrected chi connectivity index (χ0v) is 9.63. The quantitative estimate of drug-likeness (QED) is 0.588. The number of pyridine rings is 1. The highest BCUT2D eigenvalue weighted by atomic mass is 16.1. The fourth-order valence-corrected chi connectivity index (χ4v) is 1.68. The monoisotopic (exact) mass is 223 g/mol. The van der Waals surface area contributed by atoms with E-state index in [1.165, 1.54) is 0 Å². The number of aromatic nitrogens is 1. The van der Waals surface area contributed by atoms with Crippen molar-refractivity contribution in [1.82, 2.24) is 4.98 Å². The van der Waals surface area contributed by atoms with Crippen molar-refractivity contribution in [2.75, 3.05) is 0 Å². The van der Waals surface area contributed by atoms with Gasteiger partial charge in [0.15, 0.2) is 5.78 Å². The lowest BCUT2D eigenvalue weighted by molar-refractivity contribution is 0.104. The summed E-state index contributed by atoms with van der Waals surface area (Å²) in [7, 11) is 0. The molecule has 0 aliphatic rings. The van der Waals surface area contributed by atoms with E-state index >= 15 is 0 Å². The Labute approximate surface area is 101 Å². The fraction of sp³-hybridized carbons (Fsp3) is 0.0667. The molecule has 0 amide bonds. The first-order chi connectivity index (χ1) is 8.33. The molecule has 0 aliphatic carbocycles. The normalized spacial score (nSPS) is 10.6. The van der Waals surface area contributed by atoms with E-state index in [0.29, 0.717) is 5.56 Å². The molecule has 2 rings (SSSR count). The van der Waals surface area contributed by atoms with Crippen LogP contribution in [0.2, 0.25) is 0 Å². The Morgan fingerprint density at radius 3 is 2.59 bits per heavy atom. The number of carbonyl (C=O) groups excluding carboxylic acids is 1. The van der Waals surface area contributed by atoms with Crippen molar-refractivity contribution in [2.45, 2.75) is 6.92 Å². The molecule has 0 bridgehead atoms. The number of ketones is 1. The molecule has 0 fully saturated rings. The molecule has 0 spiro atoms. The largest absolute Gasteiger partial charge is 0.289 e. The van der Waals surface area contributed by atoms with Crippen molar-refractivity contribution in [2.24, 2.45) is 0 Å². The lowest BCUT2D eigenvalue weighted by Gasteiger charge is -2.05. The van der Waals surface area contributed by atoms with Crippen LogP contribution in [0.25, 0.3) is 11.3 Å². The third-order valence-corrected chi connectivity index (χ3v) is 2.45. The Bertz CT molecular complexity index is 544. The second-order valence-corrected chi connectivity index (χ2v) is 3.62. The number of allylic oxidation sites excluding steroid dienone is 2. The molecule has 0 radical (unpaired) electrons. The van der Waals surface area contributed by atoms with Crippen molar-refractivity contribution < 1.29 is 4.79 Å². The van der Waals surface area contributed by atoms with E-state index < -0.39 is 0 Å². The summed E-state index contributed by atoms with van der Waals surface area (Å²) in [4.78, 5) is 16.2. The molecule has 1 aromatic heterocycles. The third kappa shape index (κ3) is 2.48. The first-order valence-corrected chi connectivity index (χ1v) is 5.50. The van der Waals surface area contributed by atoms with Crippen molar-refractivity contribution >= 4 is 5.78 Å². The average Bonchev–Trinajstić information content (AvgIpc) is 2.40. The van der Waals surface area contributed by atoms with Crippen molar-refractivity contribution in [3.8, 4) is 11.3 Å². The van der Waals surface area contributed by atoms with Crippen LogP contribution in [0.15, 0.2) is 60.8 Å². The first kappa shape index (κ1) is 11.3. The fourth-order valence-electron chi connectivity index (χ4n) is 1.68. The minimum absolute atomic E-state index is 0.00810. The summed E-state index contributed by atoms with van der Waals surface area (Å²) < 4.78 is 0. The van der Waals surface area contributed by atoms with E-state index in [2.05, 4.69) is 4.98 Å². The molecule has 0 atom stereocenters.